The van der Waals surface area contributed by atoms with Gasteiger partial charge in [0.2, 0.25) is 0 Å². The Balaban J connectivity index is 1.51. The van der Waals surface area contributed by atoms with E-state index in [4.69, 9.17) is 0 Å². The third kappa shape index (κ3) is 1.49. The van der Waals surface area contributed by atoms with Gasteiger partial charge in [-0.2, -0.15) is 0 Å². The van der Waals surface area contributed by atoms with E-state index in [1.165, 1.54) is 32.1 Å². The molecule has 2 bridgehead atoms. The molecule has 0 aromatic heterocycles. The molecular weight excluding hydrogens is 212 g/mol. The van der Waals surface area contributed by atoms with Crippen molar-refractivity contribution in [3.05, 3.63) is 0 Å². The molecule has 5 unspecified atom stereocenters. The molecule has 0 aromatic carbocycles. The fourth-order valence-corrected chi connectivity index (χ4v) is 5.45. The van der Waals surface area contributed by atoms with E-state index >= 15 is 0 Å². The monoisotopic (exact) mass is 234 g/mol. The number of rotatable bonds is 3. The van der Waals surface area contributed by atoms with E-state index in [2.05, 4.69) is 0 Å². The van der Waals surface area contributed by atoms with E-state index in [-0.39, 0.29) is 5.41 Å². The lowest BCUT2D eigenvalue weighted by Gasteiger charge is -2.32. The van der Waals surface area contributed by atoms with Crippen LogP contribution >= 0.6 is 0 Å². The predicted molar refractivity (Wildman–Crippen MR) is 64.5 cm³/mol. The smallest absolute Gasteiger partial charge is 0.309 e. The topological polar surface area (TPSA) is 37.3 Å². The van der Waals surface area contributed by atoms with Gasteiger partial charge in [-0.05, 0) is 74.5 Å². The minimum absolute atomic E-state index is 0.303. The highest BCUT2D eigenvalue weighted by Gasteiger charge is 2.59. The lowest BCUT2D eigenvalue weighted by molar-refractivity contribution is -0.150. The molecule has 17 heavy (non-hydrogen) atoms. The fourth-order valence-electron chi connectivity index (χ4n) is 5.45. The molecule has 0 heterocycles. The van der Waals surface area contributed by atoms with Crippen LogP contribution in [-0.4, -0.2) is 11.1 Å². The zero-order valence-corrected chi connectivity index (χ0v) is 10.4. The summed E-state index contributed by atoms with van der Waals surface area (Å²) in [6.07, 6.45) is 9.90. The molecule has 2 heteroatoms. The molecule has 4 fully saturated rings. The van der Waals surface area contributed by atoms with Crippen LogP contribution in [0.25, 0.3) is 0 Å². The number of aliphatic carboxylic acids is 1. The van der Waals surface area contributed by atoms with Gasteiger partial charge in [-0.1, -0.05) is 6.42 Å². The summed E-state index contributed by atoms with van der Waals surface area (Å²) in [6.45, 7) is 0. The number of hydrogen-bond donors (Lipinski definition) is 1. The zero-order chi connectivity index (χ0) is 11.6. The summed E-state index contributed by atoms with van der Waals surface area (Å²) in [6, 6.07) is 0. The quantitative estimate of drug-likeness (QED) is 0.813. The maximum absolute atomic E-state index is 11.7. The molecule has 4 saturated carbocycles. The first-order valence-corrected chi connectivity index (χ1v) is 7.40. The highest BCUT2D eigenvalue weighted by atomic mass is 16.4. The van der Waals surface area contributed by atoms with Crippen LogP contribution in [0.2, 0.25) is 0 Å². The summed E-state index contributed by atoms with van der Waals surface area (Å²) < 4.78 is 0. The van der Waals surface area contributed by atoms with Gasteiger partial charge in [0, 0.05) is 0 Å². The largest absolute Gasteiger partial charge is 0.481 e. The lowest BCUT2D eigenvalue weighted by Crippen LogP contribution is -2.33. The van der Waals surface area contributed by atoms with Gasteiger partial charge in [-0.25, -0.2) is 0 Å². The van der Waals surface area contributed by atoms with Crippen molar-refractivity contribution in [3.8, 4) is 0 Å². The molecule has 4 rings (SSSR count). The number of fused-ring (bicyclic) bond motifs is 3. The summed E-state index contributed by atoms with van der Waals surface area (Å²) >= 11 is 0. The molecule has 4 aliphatic carbocycles. The molecule has 5 atom stereocenters. The number of carboxylic acids is 1. The Hall–Kier alpha value is -0.530. The second-order valence-corrected chi connectivity index (χ2v) is 7.39. The van der Waals surface area contributed by atoms with Crippen LogP contribution in [0, 0.1) is 35.0 Å². The van der Waals surface area contributed by atoms with Gasteiger partial charge < -0.3 is 5.11 Å². The lowest BCUT2D eigenvalue weighted by atomic mass is 9.71. The van der Waals surface area contributed by atoms with Gasteiger partial charge in [-0.15, -0.1) is 0 Å². The first kappa shape index (κ1) is 10.4. The van der Waals surface area contributed by atoms with Crippen LogP contribution in [-0.2, 0) is 4.79 Å². The van der Waals surface area contributed by atoms with Crippen molar-refractivity contribution in [3.63, 3.8) is 0 Å². The summed E-state index contributed by atoms with van der Waals surface area (Å²) in [7, 11) is 0. The van der Waals surface area contributed by atoms with Crippen molar-refractivity contribution in [1.82, 2.24) is 0 Å². The molecule has 94 valence electrons. The van der Waals surface area contributed by atoms with E-state index in [0.717, 1.165) is 48.9 Å². The van der Waals surface area contributed by atoms with Crippen LogP contribution in [0.1, 0.15) is 51.4 Å². The number of hydrogen-bond acceptors (Lipinski definition) is 1. The van der Waals surface area contributed by atoms with E-state index < -0.39 is 5.97 Å². The standard InChI is InChI=1S/C15H22O2/c16-14(17)15(7-12-5-13(12)8-15)6-11-4-9-1-2-10(11)3-9/h9-13H,1-8H2,(H,16,17). The van der Waals surface area contributed by atoms with E-state index in [9.17, 15) is 9.90 Å². The predicted octanol–water partition coefficient (Wildman–Crippen LogP) is 3.31. The molecule has 0 amide bonds. The van der Waals surface area contributed by atoms with Crippen molar-refractivity contribution < 1.29 is 9.90 Å². The Morgan fingerprint density at radius 1 is 1.06 bits per heavy atom. The fraction of sp³-hybridized carbons (Fsp3) is 0.933. The normalized spacial score (nSPS) is 54.9. The molecule has 0 aliphatic heterocycles. The van der Waals surface area contributed by atoms with Crippen molar-refractivity contribution in [2.75, 3.05) is 0 Å². The minimum atomic E-state index is -0.479. The minimum Gasteiger partial charge on any atom is -0.481 e. The molecule has 4 aliphatic rings. The summed E-state index contributed by atoms with van der Waals surface area (Å²) in [5.41, 5.74) is -0.303. The summed E-state index contributed by atoms with van der Waals surface area (Å²) in [5.74, 6) is 3.67. The van der Waals surface area contributed by atoms with E-state index in [1.54, 1.807) is 0 Å². The molecule has 2 nitrogen and oxygen atoms in total. The Labute approximate surface area is 103 Å². The van der Waals surface area contributed by atoms with Gasteiger partial charge in [-0.3, -0.25) is 4.79 Å². The SMILES string of the molecule is O=C(O)C1(CC2CC3CCC2C3)CC2CC2C1. The summed E-state index contributed by atoms with van der Waals surface area (Å²) in [4.78, 5) is 11.7. The van der Waals surface area contributed by atoms with Crippen LogP contribution in [0.4, 0.5) is 0 Å². The van der Waals surface area contributed by atoms with E-state index in [0.29, 0.717) is 0 Å². The maximum atomic E-state index is 11.7. The van der Waals surface area contributed by atoms with Crippen molar-refractivity contribution >= 4 is 5.97 Å². The zero-order valence-electron chi connectivity index (χ0n) is 10.4. The van der Waals surface area contributed by atoms with Gasteiger partial charge in [0.25, 0.3) is 0 Å². The Kier molecular flexibility index (Phi) is 2.00. The van der Waals surface area contributed by atoms with Gasteiger partial charge in [0.1, 0.15) is 0 Å². The molecular formula is C15H22O2. The van der Waals surface area contributed by atoms with Gasteiger partial charge in [0.05, 0.1) is 5.41 Å². The average Bonchev–Trinajstić information content (AvgIpc) is 2.74. The first-order valence-electron chi connectivity index (χ1n) is 7.40. The number of carbonyl (C=O) groups is 1. The third-order valence-electron chi connectivity index (χ3n) is 6.37. The van der Waals surface area contributed by atoms with Gasteiger partial charge in [0.15, 0.2) is 0 Å². The maximum Gasteiger partial charge on any atom is 0.309 e. The van der Waals surface area contributed by atoms with Crippen LogP contribution < -0.4 is 0 Å². The summed E-state index contributed by atoms with van der Waals surface area (Å²) in [5, 5.41) is 9.63. The van der Waals surface area contributed by atoms with Crippen LogP contribution in [0.5, 0.6) is 0 Å². The highest BCUT2D eigenvalue weighted by Crippen LogP contribution is 2.64. The Morgan fingerprint density at radius 2 is 1.82 bits per heavy atom. The molecule has 0 aromatic rings. The average molecular weight is 234 g/mol. The van der Waals surface area contributed by atoms with Crippen molar-refractivity contribution in [1.29, 1.82) is 0 Å². The van der Waals surface area contributed by atoms with Crippen molar-refractivity contribution in [2.45, 2.75) is 51.4 Å². The third-order valence-corrected chi connectivity index (χ3v) is 6.37. The van der Waals surface area contributed by atoms with Crippen LogP contribution in [0.15, 0.2) is 0 Å². The second-order valence-electron chi connectivity index (χ2n) is 7.39. The van der Waals surface area contributed by atoms with Crippen molar-refractivity contribution in [2.24, 2.45) is 35.0 Å². The Morgan fingerprint density at radius 3 is 2.35 bits per heavy atom. The number of carboxylic acid groups (broad SMARTS) is 1. The first-order chi connectivity index (χ1) is 8.16. The van der Waals surface area contributed by atoms with Crippen LogP contribution in [0.3, 0.4) is 0 Å². The highest BCUT2D eigenvalue weighted by molar-refractivity contribution is 5.75. The molecule has 0 saturated heterocycles. The molecule has 0 spiro atoms. The van der Waals surface area contributed by atoms with Gasteiger partial charge >= 0.3 is 5.97 Å². The molecule has 1 N–H and O–H groups in total. The second kappa shape index (κ2) is 3.27. The molecule has 0 radical (unpaired) electrons. The Bertz CT molecular complexity index is 352. The van der Waals surface area contributed by atoms with E-state index in [1.807, 2.05) is 0 Å².